The van der Waals surface area contributed by atoms with Gasteiger partial charge in [-0.1, -0.05) is 38.8 Å². The predicted octanol–water partition coefficient (Wildman–Crippen LogP) is 6.49. The molecular weight excluding hydrogens is 410 g/mol. The minimum atomic E-state index is -0.131. The number of unbranched alkanes of at least 4 members (excludes halogenated alkanes) is 2. The molecule has 0 saturated heterocycles. The first-order valence-corrected chi connectivity index (χ1v) is 12.2. The molecule has 0 unspecified atom stereocenters. The Morgan fingerprint density at radius 1 is 1.12 bits per heavy atom. The highest BCUT2D eigenvalue weighted by Crippen LogP contribution is 2.31. The van der Waals surface area contributed by atoms with Crippen molar-refractivity contribution in [2.45, 2.75) is 46.0 Å². The van der Waals surface area contributed by atoms with E-state index in [1.807, 2.05) is 30.3 Å². The molecule has 0 aliphatic carbocycles. The van der Waals surface area contributed by atoms with Crippen molar-refractivity contribution in [1.82, 2.24) is 9.88 Å². The van der Waals surface area contributed by atoms with Gasteiger partial charge in [-0.25, -0.2) is 0 Å². The van der Waals surface area contributed by atoms with Crippen LogP contribution in [-0.2, 0) is 0 Å². The van der Waals surface area contributed by atoms with Gasteiger partial charge in [-0.3, -0.25) is 9.69 Å². The number of hydrogen-bond donors (Lipinski definition) is 2. The summed E-state index contributed by atoms with van der Waals surface area (Å²) in [5.74, 6) is 0.592. The number of benzene rings is 2. The SMILES string of the molecule is CCCCCN1CC=C(c2c[nH]c3ccc(NC(=O)c4cccc(OCCC)c4)cc23)CC1. The van der Waals surface area contributed by atoms with Crippen LogP contribution in [0, 0.1) is 0 Å². The Balaban J connectivity index is 1.47. The summed E-state index contributed by atoms with van der Waals surface area (Å²) in [6, 6.07) is 13.4. The van der Waals surface area contributed by atoms with E-state index in [9.17, 15) is 4.79 Å². The molecular formula is C28H35N3O2. The molecule has 0 atom stereocenters. The van der Waals surface area contributed by atoms with E-state index in [0.29, 0.717) is 12.2 Å². The van der Waals surface area contributed by atoms with Gasteiger partial charge in [-0.05, 0) is 67.8 Å². The second-order valence-corrected chi connectivity index (χ2v) is 8.78. The van der Waals surface area contributed by atoms with Crippen molar-refractivity contribution in [3.63, 3.8) is 0 Å². The molecule has 0 spiro atoms. The van der Waals surface area contributed by atoms with Gasteiger partial charge >= 0.3 is 0 Å². The van der Waals surface area contributed by atoms with Crippen LogP contribution in [0.3, 0.4) is 0 Å². The van der Waals surface area contributed by atoms with Gasteiger partial charge in [0.15, 0.2) is 0 Å². The van der Waals surface area contributed by atoms with Crippen LogP contribution < -0.4 is 10.1 Å². The Morgan fingerprint density at radius 2 is 2.03 bits per heavy atom. The number of anilines is 1. The predicted molar refractivity (Wildman–Crippen MR) is 137 cm³/mol. The summed E-state index contributed by atoms with van der Waals surface area (Å²) in [5.41, 5.74) is 5.10. The third-order valence-electron chi connectivity index (χ3n) is 6.23. The molecule has 0 fully saturated rings. The van der Waals surface area contributed by atoms with Crippen LogP contribution in [0.1, 0.15) is 61.9 Å². The lowest BCUT2D eigenvalue weighted by atomic mass is 9.98. The van der Waals surface area contributed by atoms with Gasteiger partial charge in [0.2, 0.25) is 0 Å². The lowest BCUT2D eigenvalue weighted by Crippen LogP contribution is -2.29. The molecule has 0 bridgehead atoms. The van der Waals surface area contributed by atoms with Gasteiger partial charge in [-0.2, -0.15) is 0 Å². The number of H-pyrrole nitrogens is 1. The van der Waals surface area contributed by atoms with Gasteiger partial charge in [-0.15, -0.1) is 0 Å². The van der Waals surface area contributed by atoms with E-state index >= 15 is 0 Å². The largest absolute Gasteiger partial charge is 0.494 e. The molecule has 0 radical (unpaired) electrons. The van der Waals surface area contributed by atoms with E-state index < -0.39 is 0 Å². The van der Waals surface area contributed by atoms with E-state index in [1.54, 1.807) is 6.07 Å². The average molecular weight is 446 g/mol. The zero-order valence-electron chi connectivity index (χ0n) is 19.8. The van der Waals surface area contributed by atoms with Crippen LogP contribution in [-0.4, -0.2) is 42.0 Å². The fourth-order valence-corrected chi connectivity index (χ4v) is 4.36. The number of fused-ring (bicyclic) bond motifs is 1. The Hall–Kier alpha value is -3.05. The highest BCUT2D eigenvalue weighted by Gasteiger charge is 2.16. The first-order valence-electron chi connectivity index (χ1n) is 12.2. The minimum absolute atomic E-state index is 0.131. The maximum Gasteiger partial charge on any atom is 0.255 e. The van der Waals surface area contributed by atoms with Crippen LogP contribution in [0.4, 0.5) is 5.69 Å². The molecule has 1 aliphatic rings. The number of aromatic amines is 1. The highest BCUT2D eigenvalue weighted by atomic mass is 16.5. The van der Waals surface area contributed by atoms with Crippen molar-refractivity contribution >= 4 is 28.1 Å². The Bertz CT molecular complexity index is 1120. The van der Waals surface area contributed by atoms with E-state index in [1.165, 1.54) is 36.9 Å². The van der Waals surface area contributed by atoms with E-state index in [-0.39, 0.29) is 5.91 Å². The molecule has 174 valence electrons. The average Bonchev–Trinajstić information content (AvgIpc) is 3.27. The number of ether oxygens (including phenoxy) is 1. The molecule has 2 heterocycles. The summed E-state index contributed by atoms with van der Waals surface area (Å²) < 4.78 is 5.67. The van der Waals surface area contributed by atoms with Crippen LogP contribution in [0.25, 0.3) is 16.5 Å². The molecule has 4 rings (SSSR count). The molecule has 1 amide bonds. The summed E-state index contributed by atoms with van der Waals surface area (Å²) in [7, 11) is 0. The maximum absolute atomic E-state index is 12.9. The minimum Gasteiger partial charge on any atom is -0.494 e. The summed E-state index contributed by atoms with van der Waals surface area (Å²) in [5, 5.41) is 4.20. The van der Waals surface area contributed by atoms with Crippen LogP contribution in [0.5, 0.6) is 5.75 Å². The standard InChI is InChI=1S/C28H35N3O2/c1-3-5-6-14-31-15-12-21(13-16-31)26-20-29-27-11-10-23(19-25(26)27)30-28(32)22-8-7-9-24(18-22)33-17-4-2/h7-12,18-20,29H,3-6,13-17H2,1-2H3,(H,30,32). The van der Waals surface area contributed by atoms with Gasteiger partial charge in [0.05, 0.1) is 6.61 Å². The number of carbonyl (C=O) groups excluding carboxylic acids is 1. The fraction of sp³-hybridized carbons (Fsp3) is 0.393. The highest BCUT2D eigenvalue weighted by molar-refractivity contribution is 6.06. The van der Waals surface area contributed by atoms with Crippen molar-refractivity contribution in [1.29, 1.82) is 0 Å². The van der Waals surface area contributed by atoms with E-state index in [2.05, 4.69) is 47.4 Å². The normalized spacial score (nSPS) is 14.3. The van der Waals surface area contributed by atoms with E-state index in [0.717, 1.165) is 48.3 Å². The third-order valence-corrected chi connectivity index (χ3v) is 6.23. The fourth-order valence-electron chi connectivity index (χ4n) is 4.36. The van der Waals surface area contributed by atoms with Crippen molar-refractivity contribution in [2.75, 3.05) is 31.6 Å². The van der Waals surface area contributed by atoms with Crippen molar-refractivity contribution in [2.24, 2.45) is 0 Å². The molecule has 33 heavy (non-hydrogen) atoms. The maximum atomic E-state index is 12.9. The monoisotopic (exact) mass is 445 g/mol. The summed E-state index contributed by atoms with van der Waals surface area (Å²) in [4.78, 5) is 18.8. The van der Waals surface area contributed by atoms with Crippen LogP contribution >= 0.6 is 0 Å². The molecule has 0 saturated carbocycles. The lowest BCUT2D eigenvalue weighted by Gasteiger charge is -2.26. The lowest BCUT2D eigenvalue weighted by molar-refractivity contribution is 0.102. The number of amides is 1. The molecule has 5 heteroatoms. The van der Waals surface area contributed by atoms with Gasteiger partial charge < -0.3 is 15.0 Å². The smallest absolute Gasteiger partial charge is 0.255 e. The van der Waals surface area contributed by atoms with Gasteiger partial charge in [0, 0.05) is 47.0 Å². The number of nitrogens with one attached hydrogen (secondary N) is 2. The van der Waals surface area contributed by atoms with Gasteiger partial charge in [0.1, 0.15) is 5.75 Å². The number of carbonyl (C=O) groups is 1. The Kier molecular flexibility index (Phi) is 7.84. The molecule has 1 aliphatic heterocycles. The quantitative estimate of drug-likeness (QED) is 0.351. The Labute approximate surface area is 196 Å². The summed E-state index contributed by atoms with van der Waals surface area (Å²) in [6.07, 6.45) is 10.3. The molecule has 3 aromatic rings. The van der Waals surface area contributed by atoms with Crippen LogP contribution in [0.2, 0.25) is 0 Å². The number of hydrogen-bond acceptors (Lipinski definition) is 3. The zero-order chi connectivity index (χ0) is 23.0. The first-order chi connectivity index (χ1) is 16.2. The number of rotatable bonds is 10. The molecule has 1 aromatic heterocycles. The van der Waals surface area contributed by atoms with E-state index in [4.69, 9.17) is 4.74 Å². The van der Waals surface area contributed by atoms with Crippen molar-refractivity contribution in [3.8, 4) is 5.75 Å². The Morgan fingerprint density at radius 3 is 2.82 bits per heavy atom. The zero-order valence-corrected chi connectivity index (χ0v) is 19.8. The first kappa shape index (κ1) is 23.1. The van der Waals surface area contributed by atoms with Crippen molar-refractivity contribution in [3.05, 3.63) is 65.9 Å². The van der Waals surface area contributed by atoms with Crippen molar-refractivity contribution < 1.29 is 9.53 Å². The van der Waals surface area contributed by atoms with Crippen LogP contribution in [0.15, 0.2) is 54.7 Å². The van der Waals surface area contributed by atoms with Gasteiger partial charge in [0.25, 0.3) is 5.91 Å². The second-order valence-electron chi connectivity index (χ2n) is 8.78. The number of nitrogens with zero attached hydrogens (tertiary/aromatic N) is 1. The second kappa shape index (κ2) is 11.2. The topological polar surface area (TPSA) is 57.4 Å². The number of aromatic nitrogens is 1. The third kappa shape index (κ3) is 5.85. The molecule has 5 nitrogen and oxygen atoms in total. The molecule has 2 N–H and O–H groups in total. The summed E-state index contributed by atoms with van der Waals surface area (Å²) in [6.45, 7) is 8.26. The summed E-state index contributed by atoms with van der Waals surface area (Å²) >= 11 is 0. The molecule has 2 aromatic carbocycles.